The number of hydrogen-bond donors (Lipinski definition) is 0. The Balaban J connectivity index is 1.57. The van der Waals surface area contributed by atoms with Crippen molar-refractivity contribution in [2.24, 2.45) is 0 Å². The van der Waals surface area contributed by atoms with Gasteiger partial charge in [0.05, 0.1) is 22.5 Å². The van der Waals surface area contributed by atoms with E-state index in [9.17, 15) is 13.2 Å². The van der Waals surface area contributed by atoms with Gasteiger partial charge in [0.1, 0.15) is 15.8 Å². The van der Waals surface area contributed by atoms with Crippen molar-refractivity contribution in [3.63, 3.8) is 0 Å². The van der Waals surface area contributed by atoms with Crippen molar-refractivity contribution in [1.29, 1.82) is 0 Å². The van der Waals surface area contributed by atoms with E-state index < -0.39 is 9.84 Å². The van der Waals surface area contributed by atoms with Gasteiger partial charge in [-0.25, -0.2) is 8.42 Å². The van der Waals surface area contributed by atoms with Gasteiger partial charge in [-0.2, -0.15) is 0 Å². The number of carbonyl (C=O) groups excluding carboxylic acids is 1. The molecule has 2 fully saturated rings. The Bertz CT molecular complexity index is 1070. The molecular weight excluding hydrogens is 470 g/mol. The van der Waals surface area contributed by atoms with E-state index in [1.54, 1.807) is 12.1 Å². The van der Waals surface area contributed by atoms with Crippen LogP contribution in [0, 0.1) is 0 Å². The number of amides is 1. The smallest absolute Gasteiger partial charge is 0.266 e. The fourth-order valence-corrected chi connectivity index (χ4v) is 6.61. The predicted molar refractivity (Wildman–Crippen MR) is 114 cm³/mol. The molecule has 2 saturated heterocycles. The summed E-state index contributed by atoms with van der Waals surface area (Å²) < 4.78 is 30.6. The van der Waals surface area contributed by atoms with E-state index in [0.717, 1.165) is 10.0 Å². The van der Waals surface area contributed by atoms with E-state index >= 15 is 0 Å². The minimum atomic E-state index is -3.09. The summed E-state index contributed by atoms with van der Waals surface area (Å²) in [7, 11) is -3.09. The van der Waals surface area contributed by atoms with Gasteiger partial charge in [0.25, 0.3) is 5.91 Å². The van der Waals surface area contributed by atoms with Gasteiger partial charge in [0.2, 0.25) is 0 Å². The zero-order chi connectivity index (χ0) is 19.2. The van der Waals surface area contributed by atoms with Crippen LogP contribution in [0.25, 0.3) is 17.4 Å². The average molecular weight is 484 g/mol. The number of furan rings is 1. The van der Waals surface area contributed by atoms with Crippen LogP contribution < -0.4 is 0 Å². The molecule has 2 aromatic rings. The van der Waals surface area contributed by atoms with Gasteiger partial charge in [-0.3, -0.25) is 9.69 Å². The molecular formula is C18H14BrNO4S3. The molecule has 2 aliphatic heterocycles. The molecule has 5 nitrogen and oxygen atoms in total. The molecule has 1 amide bonds. The number of nitrogens with zero attached hydrogens (tertiary/aromatic N) is 1. The van der Waals surface area contributed by atoms with Crippen LogP contribution in [-0.2, 0) is 14.6 Å². The van der Waals surface area contributed by atoms with Gasteiger partial charge in [-0.05, 0) is 30.7 Å². The molecule has 140 valence electrons. The topological polar surface area (TPSA) is 67.6 Å². The number of benzene rings is 1. The first-order valence-corrected chi connectivity index (χ1v) is 12.0. The first-order chi connectivity index (χ1) is 12.8. The lowest BCUT2D eigenvalue weighted by Crippen LogP contribution is -2.39. The van der Waals surface area contributed by atoms with Crippen molar-refractivity contribution in [1.82, 2.24) is 4.90 Å². The summed E-state index contributed by atoms with van der Waals surface area (Å²) in [4.78, 5) is 14.6. The largest absolute Gasteiger partial charge is 0.457 e. The van der Waals surface area contributed by atoms with Crippen LogP contribution in [0.15, 0.2) is 50.2 Å². The van der Waals surface area contributed by atoms with Crippen LogP contribution in [0.3, 0.4) is 0 Å². The van der Waals surface area contributed by atoms with Crippen LogP contribution in [0.2, 0.25) is 0 Å². The molecule has 2 aliphatic rings. The lowest BCUT2D eigenvalue weighted by atomic mass is 10.2. The second-order valence-electron chi connectivity index (χ2n) is 6.32. The maximum absolute atomic E-state index is 12.7. The third kappa shape index (κ3) is 3.91. The fraction of sp³-hybridized carbons (Fsp3) is 0.222. The number of rotatable bonds is 3. The van der Waals surface area contributed by atoms with Gasteiger partial charge in [0.15, 0.2) is 9.84 Å². The van der Waals surface area contributed by atoms with E-state index in [0.29, 0.717) is 27.2 Å². The number of thioether (sulfide) groups is 1. The van der Waals surface area contributed by atoms with Crippen molar-refractivity contribution in [3.8, 4) is 11.3 Å². The van der Waals surface area contributed by atoms with Gasteiger partial charge in [-0.1, -0.05) is 52.0 Å². The molecule has 1 aromatic carbocycles. The highest BCUT2D eigenvalue weighted by Crippen LogP contribution is 2.37. The summed E-state index contributed by atoms with van der Waals surface area (Å²) in [6.45, 7) is 0. The molecule has 1 atom stereocenters. The number of carbonyl (C=O) groups is 1. The van der Waals surface area contributed by atoms with Crippen molar-refractivity contribution in [2.75, 3.05) is 11.5 Å². The molecule has 4 rings (SSSR count). The quantitative estimate of drug-likeness (QED) is 0.483. The van der Waals surface area contributed by atoms with Crippen molar-refractivity contribution in [3.05, 3.63) is 51.5 Å². The van der Waals surface area contributed by atoms with Crippen LogP contribution in [-0.4, -0.2) is 41.1 Å². The number of sulfone groups is 1. The molecule has 0 saturated carbocycles. The summed E-state index contributed by atoms with van der Waals surface area (Å²) in [5.41, 5.74) is 0.924. The maximum Gasteiger partial charge on any atom is 0.266 e. The third-order valence-electron chi connectivity index (χ3n) is 4.41. The standard InChI is InChI=1S/C18H14BrNO4S3/c19-12-3-1-2-11(8-12)15-5-4-14(24-15)9-16-17(21)20(18(25)26-16)13-6-7-27(22,23)10-13/h1-5,8-9,13H,6-7,10H2/b16-9-/t13-/m1/s1. The molecule has 1 aromatic heterocycles. The third-order valence-corrected chi connectivity index (χ3v) is 7.98. The van der Waals surface area contributed by atoms with Crippen molar-refractivity contribution in [2.45, 2.75) is 12.5 Å². The van der Waals surface area contributed by atoms with Crippen molar-refractivity contribution >= 4 is 66.1 Å². The zero-order valence-electron chi connectivity index (χ0n) is 13.9. The highest BCUT2D eigenvalue weighted by atomic mass is 79.9. The van der Waals surface area contributed by atoms with Crippen LogP contribution >= 0.6 is 39.9 Å². The van der Waals surface area contributed by atoms with E-state index in [4.69, 9.17) is 16.6 Å². The molecule has 9 heteroatoms. The minimum Gasteiger partial charge on any atom is -0.457 e. The summed E-state index contributed by atoms with van der Waals surface area (Å²) in [6, 6.07) is 11.0. The lowest BCUT2D eigenvalue weighted by molar-refractivity contribution is -0.123. The Hall–Kier alpha value is -1.42. The maximum atomic E-state index is 12.7. The summed E-state index contributed by atoms with van der Waals surface area (Å²) in [5.74, 6) is 1.06. The molecule has 0 radical (unpaired) electrons. The Morgan fingerprint density at radius 1 is 1.30 bits per heavy atom. The highest BCUT2D eigenvalue weighted by molar-refractivity contribution is 9.10. The SMILES string of the molecule is O=C1/C(=C/c2ccc(-c3cccc(Br)c3)o2)SC(=S)N1[C@@H]1CCS(=O)(=O)C1. The molecule has 0 unspecified atom stereocenters. The Labute approximate surface area is 174 Å². The number of hydrogen-bond acceptors (Lipinski definition) is 6. The number of thiocarbonyl (C=S) groups is 1. The zero-order valence-corrected chi connectivity index (χ0v) is 18.0. The molecule has 27 heavy (non-hydrogen) atoms. The van der Waals surface area contributed by atoms with E-state index in [1.807, 2.05) is 30.3 Å². The van der Waals surface area contributed by atoms with Crippen molar-refractivity contribution < 1.29 is 17.6 Å². The second kappa shape index (κ2) is 7.20. The predicted octanol–water partition coefficient (Wildman–Crippen LogP) is 4.10. The first kappa shape index (κ1) is 18.9. The van der Waals surface area contributed by atoms with Crippen LogP contribution in [0.5, 0.6) is 0 Å². The Morgan fingerprint density at radius 3 is 2.81 bits per heavy atom. The number of halogens is 1. The monoisotopic (exact) mass is 483 g/mol. The molecule has 0 N–H and O–H groups in total. The van der Waals surface area contributed by atoms with Crippen LogP contribution in [0.4, 0.5) is 0 Å². The Morgan fingerprint density at radius 2 is 2.11 bits per heavy atom. The highest BCUT2D eigenvalue weighted by Gasteiger charge is 2.42. The van der Waals surface area contributed by atoms with Gasteiger partial charge >= 0.3 is 0 Å². The van der Waals surface area contributed by atoms with Gasteiger partial charge in [0, 0.05) is 16.1 Å². The minimum absolute atomic E-state index is 0.0273. The Kier molecular flexibility index (Phi) is 5.04. The van der Waals surface area contributed by atoms with Gasteiger partial charge < -0.3 is 4.42 Å². The van der Waals surface area contributed by atoms with E-state index in [-0.39, 0.29) is 23.5 Å². The van der Waals surface area contributed by atoms with Crippen LogP contribution in [0.1, 0.15) is 12.2 Å². The average Bonchev–Trinajstić information content (AvgIpc) is 3.27. The summed E-state index contributed by atoms with van der Waals surface area (Å²) in [6.07, 6.45) is 2.08. The molecule has 3 heterocycles. The first-order valence-electron chi connectivity index (χ1n) is 8.16. The van der Waals surface area contributed by atoms with Gasteiger partial charge in [-0.15, -0.1) is 0 Å². The lowest BCUT2D eigenvalue weighted by Gasteiger charge is -2.20. The normalized spacial score (nSPS) is 23.5. The fourth-order valence-electron chi connectivity index (χ4n) is 3.13. The second-order valence-corrected chi connectivity index (χ2v) is 11.1. The van der Waals surface area contributed by atoms with E-state index in [1.165, 1.54) is 16.7 Å². The summed E-state index contributed by atoms with van der Waals surface area (Å²) >= 11 is 9.93. The van der Waals surface area contributed by atoms with E-state index in [2.05, 4.69) is 15.9 Å². The molecule has 0 spiro atoms. The molecule has 0 bridgehead atoms. The molecule has 0 aliphatic carbocycles. The summed E-state index contributed by atoms with van der Waals surface area (Å²) in [5, 5.41) is 0.